The van der Waals surface area contributed by atoms with Gasteiger partial charge in [-0.3, -0.25) is 0 Å². The molecule has 1 aromatic heterocycles. The maximum absolute atomic E-state index is 11.3. The molecule has 18 heavy (non-hydrogen) atoms. The number of rotatable bonds is 4. The zero-order chi connectivity index (χ0) is 13.1. The summed E-state index contributed by atoms with van der Waals surface area (Å²) in [7, 11) is 0. The van der Waals surface area contributed by atoms with Gasteiger partial charge in [0.1, 0.15) is 10.9 Å². The van der Waals surface area contributed by atoms with E-state index in [0.717, 1.165) is 6.42 Å². The Morgan fingerprint density at radius 1 is 1.44 bits per heavy atom. The Labute approximate surface area is 112 Å². The fourth-order valence-corrected chi connectivity index (χ4v) is 2.48. The van der Waals surface area contributed by atoms with Crippen LogP contribution in [0.3, 0.4) is 0 Å². The van der Waals surface area contributed by atoms with E-state index in [0.29, 0.717) is 28.0 Å². The van der Waals surface area contributed by atoms with Crippen LogP contribution in [0.15, 0.2) is 29.3 Å². The molecule has 1 N–H and O–H groups in total. The van der Waals surface area contributed by atoms with Crippen molar-refractivity contribution in [2.75, 3.05) is 6.61 Å². The van der Waals surface area contributed by atoms with E-state index in [9.17, 15) is 8.76 Å². The molecule has 1 unspecified atom stereocenters. The number of pyridine rings is 1. The second-order valence-corrected chi connectivity index (χ2v) is 4.98. The summed E-state index contributed by atoms with van der Waals surface area (Å²) in [5, 5.41) is 1.43. The molecule has 96 valence electrons. The predicted molar refractivity (Wildman–Crippen MR) is 71.6 cm³/mol. The van der Waals surface area contributed by atoms with E-state index in [1.165, 1.54) is 6.20 Å². The molecule has 0 saturated heterocycles. The van der Waals surface area contributed by atoms with Crippen molar-refractivity contribution in [3.8, 4) is 5.75 Å². The Hall–Kier alpha value is -1.17. The Morgan fingerprint density at radius 3 is 2.89 bits per heavy atom. The van der Waals surface area contributed by atoms with E-state index in [2.05, 4.69) is 4.98 Å². The second kappa shape index (κ2) is 5.65. The summed E-state index contributed by atoms with van der Waals surface area (Å²) in [6.07, 6.45) is 2.37. The van der Waals surface area contributed by atoms with Gasteiger partial charge < -0.3 is 9.29 Å². The first kappa shape index (κ1) is 13.3. The van der Waals surface area contributed by atoms with Crippen LogP contribution in [0.5, 0.6) is 5.75 Å². The zero-order valence-corrected chi connectivity index (χ0v) is 11.3. The number of hydrogen-bond donors (Lipinski definition) is 1. The summed E-state index contributed by atoms with van der Waals surface area (Å²) >= 11 is 3.98. The topological polar surface area (TPSA) is 59.4 Å². The number of nitrogens with zero attached hydrogens (tertiary/aromatic N) is 1. The van der Waals surface area contributed by atoms with Crippen molar-refractivity contribution in [1.82, 2.24) is 4.98 Å². The summed E-state index contributed by atoms with van der Waals surface area (Å²) in [6.45, 7) is 2.56. The quantitative estimate of drug-likeness (QED) is 0.692. The van der Waals surface area contributed by atoms with E-state index in [4.69, 9.17) is 16.3 Å². The Morgan fingerprint density at radius 2 is 2.22 bits per heavy atom. The molecular formula is C12H12ClNO3S. The third kappa shape index (κ3) is 2.48. The van der Waals surface area contributed by atoms with Gasteiger partial charge in [-0.15, -0.1) is 0 Å². The summed E-state index contributed by atoms with van der Waals surface area (Å²) in [5.41, 5.74) is 0. The number of aromatic nitrogens is 1. The number of fused-ring (bicyclic) bond motifs is 1. The molecule has 0 spiro atoms. The summed E-state index contributed by atoms with van der Waals surface area (Å²) in [5.74, 6) is 0.583. The average Bonchev–Trinajstić information content (AvgIpc) is 2.35. The minimum absolute atomic E-state index is 0.269. The Balaban J connectivity index is 2.68. The molecule has 0 amide bonds. The van der Waals surface area contributed by atoms with Crippen LogP contribution < -0.4 is 4.74 Å². The predicted octanol–water partition coefficient (Wildman–Crippen LogP) is 3.26. The first-order valence-electron chi connectivity index (χ1n) is 5.46. The highest BCUT2D eigenvalue weighted by atomic mass is 35.5. The van der Waals surface area contributed by atoms with Gasteiger partial charge in [0.25, 0.3) is 0 Å². The molecule has 0 aliphatic carbocycles. The molecule has 0 radical (unpaired) electrons. The van der Waals surface area contributed by atoms with Crippen LogP contribution in [0, 0.1) is 0 Å². The van der Waals surface area contributed by atoms with Gasteiger partial charge in [-0.2, -0.15) is 0 Å². The minimum Gasteiger partial charge on any atom is -0.493 e. The molecule has 0 fully saturated rings. The van der Waals surface area contributed by atoms with Crippen molar-refractivity contribution in [1.29, 1.82) is 0 Å². The Kier molecular flexibility index (Phi) is 4.16. The van der Waals surface area contributed by atoms with Crippen molar-refractivity contribution < 1.29 is 13.5 Å². The van der Waals surface area contributed by atoms with E-state index < -0.39 is 11.1 Å². The van der Waals surface area contributed by atoms with Crippen molar-refractivity contribution in [3.63, 3.8) is 0 Å². The maximum atomic E-state index is 11.3. The van der Waals surface area contributed by atoms with Gasteiger partial charge >= 0.3 is 0 Å². The lowest BCUT2D eigenvalue weighted by molar-refractivity contribution is 0.321. The summed E-state index contributed by atoms with van der Waals surface area (Å²) < 4.78 is 26.1. The van der Waals surface area contributed by atoms with E-state index in [1.54, 1.807) is 18.2 Å². The fraction of sp³-hybridized carbons (Fsp3) is 0.250. The molecule has 0 aliphatic rings. The van der Waals surface area contributed by atoms with Gasteiger partial charge in [0.05, 0.1) is 16.9 Å². The van der Waals surface area contributed by atoms with Crippen molar-refractivity contribution in [2.24, 2.45) is 0 Å². The van der Waals surface area contributed by atoms with E-state index in [1.807, 2.05) is 6.92 Å². The van der Waals surface area contributed by atoms with Gasteiger partial charge in [0.2, 0.25) is 0 Å². The lowest BCUT2D eigenvalue weighted by Gasteiger charge is -2.11. The summed E-state index contributed by atoms with van der Waals surface area (Å²) in [4.78, 5) is 4.29. The number of benzene rings is 1. The van der Waals surface area contributed by atoms with Crippen LogP contribution in [-0.4, -0.2) is 20.4 Å². The molecule has 1 atom stereocenters. The normalized spacial score (nSPS) is 12.6. The first-order chi connectivity index (χ1) is 8.65. The summed E-state index contributed by atoms with van der Waals surface area (Å²) in [6, 6.07) is 4.87. The standard InChI is InChI=1S/C12H12ClNO3S/c1-2-7-17-9-3-4-10(18(15)16)8-5-6-14-12(13)11(8)9/h3-6H,2,7H2,1H3,(H,15,16). The molecule has 0 bridgehead atoms. The molecule has 4 nitrogen and oxygen atoms in total. The monoisotopic (exact) mass is 285 g/mol. The third-order valence-corrected chi connectivity index (χ3v) is 3.47. The van der Waals surface area contributed by atoms with Gasteiger partial charge in [0, 0.05) is 11.6 Å². The smallest absolute Gasteiger partial charge is 0.187 e. The van der Waals surface area contributed by atoms with Crippen LogP contribution in [0.25, 0.3) is 10.8 Å². The van der Waals surface area contributed by atoms with Crippen LogP contribution in [0.2, 0.25) is 5.15 Å². The average molecular weight is 286 g/mol. The zero-order valence-electron chi connectivity index (χ0n) is 9.72. The highest BCUT2D eigenvalue weighted by molar-refractivity contribution is 7.79. The van der Waals surface area contributed by atoms with Gasteiger partial charge in [-0.05, 0) is 24.6 Å². The van der Waals surface area contributed by atoms with Crippen molar-refractivity contribution in [2.45, 2.75) is 18.2 Å². The van der Waals surface area contributed by atoms with Crippen LogP contribution in [-0.2, 0) is 11.1 Å². The van der Waals surface area contributed by atoms with Crippen molar-refractivity contribution in [3.05, 3.63) is 29.5 Å². The van der Waals surface area contributed by atoms with Crippen LogP contribution in [0.1, 0.15) is 13.3 Å². The molecule has 1 aromatic carbocycles. The number of halogens is 1. The SMILES string of the molecule is CCCOc1ccc(S(=O)O)c2ccnc(Cl)c12. The van der Waals surface area contributed by atoms with Gasteiger partial charge in [0.15, 0.2) is 11.1 Å². The Bertz CT molecular complexity index is 603. The largest absolute Gasteiger partial charge is 0.493 e. The molecule has 0 saturated carbocycles. The lowest BCUT2D eigenvalue weighted by atomic mass is 10.1. The van der Waals surface area contributed by atoms with Gasteiger partial charge in [-0.25, -0.2) is 9.19 Å². The lowest BCUT2D eigenvalue weighted by Crippen LogP contribution is -1.98. The molecule has 0 aliphatic heterocycles. The fourth-order valence-electron chi connectivity index (χ4n) is 1.69. The number of ether oxygens (including phenoxy) is 1. The van der Waals surface area contributed by atoms with Crippen LogP contribution >= 0.6 is 11.6 Å². The van der Waals surface area contributed by atoms with E-state index in [-0.39, 0.29) is 5.15 Å². The molecular weight excluding hydrogens is 274 g/mol. The van der Waals surface area contributed by atoms with Crippen LogP contribution in [0.4, 0.5) is 0 Å². The molecule has 2 aromatic rings. The highest BCUT2D eigenvalue weighted by Crippen LogP contribution is 2.34. The second-order valence-electron chi connectivity index (χ2n) is 3.68. The third-order valence-electron chi connectivity index (χ3n) is 2.45. The first-order valence-corrected chi connectivity index (χ1v) is 6.94. The van der Waals surface area contributed by atoms with Crippen molar-refractivity contribution >= 4 is 33.5 Å². The molecule has 2 rings (SSSR count). The number of hydrogen-bond acceptors (Lipinski definition) is 3. The van der Waals surface area contributed by atoms with E-state index >= 15 is 0 Å². The minimum atomic E-state index is -2.07. The van der Waals surface area contributed by atoms with Gasteiger partial charge in [-0.1, -0.05) is 18.5 Å². The maximum Gasteiger partial charge on any atom is 0.187 e. The highest BCUT2D eigenvalue weighted by Gasteiger charge is 2.13. The molecule has 1 heterocycles. The molecule has 6 heteroatoms.